The Hall–Kier alpha value is -3.39. The molecule has 0 saturated carbocycles. The van der Waals surface area contributed by atoms with Gasteiger partial charge in [0.2, 0.25) is 5.91 Å². The number of anilines is 1. The lowest BCUT2D eigenvalue weighted by atomic mass is 10.0. The summed E-state index contributed by atoms with van der Waals surface area (Å²) in [4.78, 5) is 31.5. The molecule has 0 fully saturated rings. The molecule has 1 aromatic heterocycles. The molecule has 2 aromatic carbocycles. The van der Waals surface area contributed by atoms with E-state index in [1.807, 2.05) is 47.5 Å². The lowest BCUT2D eigenvalue weighted by Gasteiger charge is -2.37. The average Bonchev–Trinajstić information content (AvgIpc) is 3.36. The number of benzene rings is 2. The third-order valence-electron chi connectivity index (χ3n) is 6.53. The van der Waals surface area contributed by atoms with Crippen LogP contribution in [0.5, 0.6) is 5.75 Å². The second-order valence-corrected chi connectivity index (χ2v) is 10.8. The first-order valence-corrected chi connectivity index (χ1v) is 13.5. The number of amides is 3. The molecule has 1 aliphatic rings. The van der Waals surface area contributed by atoms with E-state index in [2.05, 4.69) is 19.2 Å². The molecule has 1 aliphatic heterocycles. The fourth-order valence-electron chi connectivity index (χ4n) is 4.34. The van der Waals surface area contributed by atoms with Crippen molar-refractivity contribution < 1.29 is 18.7 Å². The van der Waals surface area contributed by atoms with Crippen LogP contribution in [-0.2, 0) is 11.2 Å². The van der Waals surface area contributed by atoms with Gasteiger partial charge in [-0.3, -0.25) is 4.79 Å². The van der Waals surface area contributed by atoms with Crippen LogP contribution in [0.2, 0.25) is 0 Å². The van der Waals surface area contributed by atoms with Crippen molar-refractivity contribution in [1.82, 2.24) is 9.80 Å². The van der Waals surface area contributed by atoms with E-state index < -0.39 is 0 Å². The zero-order valence-corrected chi connectivity index (χ0v) is 22.4. The molecule has 4 rings (SSSR count). The lowest BCUT2D eigenvalue weighted by molar-refractivity contribution is -0.135. The molecule has 0 saturated heterocycles. The van der Waals surface area contributed by atoms with E-state index in [4.69, 9.17) is 4.74 Å². The van der Waals surface area contributed by atoms with Gasteiger partial charge in [0.15, 0.2) is 0 Å². The van der Waals surface area contributed by atoms with Gasteiger partial charge in [-0.2, -0.15) is 0 Å². The van der Waals surface area contributed by atoms with Gasteiger partial charge < -0.3 is 19.9 Å². The van der Waals surface area contributed by atoms with Gasteiger partial charge >= 0.3 is 6.03 Å². The van der Waals surface area contributed by atoms with E-state index >= 15 is 0 Å². The molecular formula is C29H34FN3O3S. The second-order valence-electron chi connectivity index (χ2n) is 9.82. The fraction of sp³-hybridized carbons (Fsp3) is 0.379. The van der Waals surface area contributed by atoms with Gasteiger partial charge in [-0.05, 0) is 79.1 Å². The van der Waals surface area contributed by atoms with Gasteiger partial charge in [-0.1, -0.05) is 31.5 Å². The first-order valence-electron chi connectivity index (χ1n) is 12.7. The highest BCUT2D eigenvalue weighted by molar-refractivity contribution is 7.10. The molecule has 3 aromatic rings. The number of hydrogen-bond acceptors (Lipinski definition) is 4. The Bertz CT molecular complexity index is 1190. The highest BCUT2D eigenvalue weighted by Gasteiger charge is 2.33. The maximum Gasteiger partial charge on any atom is 0.322 e. The van der Waals surface area contributed by atoms with Crippen molar-refractivity contribution in [3.63, 3.8) is 0 Å². The summed E-state index contributed by atoms with van der Waals surface area (Å²) in [5.74, 6) is 0.497. The molecule has 0 radical (unpaired) electrons. The third-order valence-corrected chi connectivity index (χ3v) is 7.53. The third kappa shape index (κ3) is 7.10. The summed E-state index contributed by atoms with van der Waals surface area (Å²) in [6, 6.07) is 15.0. The number of nitrogens with one attached hydrogen (secondary N) is 1. The topological polar surface area (TPSA) is 61.9 Å². The summed E-state index contributed by atoms with van der Waals surface area (Å²) in [5.41, 5.74) is 2.88. The van der Waals surface area contributed by atoms with Crippen molar-refractivity contribution in [3.8, 4) is 5.75 Å². The van der Waals surface area contributed by atoms with E-state index in [0.717, 1.165) is 24.0 Å². The number of aryl methyl sites for hydroxylation is 1. The minimum Gasteiger partial charge on any atom is -0.491 e. The fourth-order valence-corrected chi connectivity index (χ4v) is 5.27. The molecular weight excluding hydrogens is 489 g/mol. The number of nitrogens with zero attached hydrogens (tertiary/aromatic N) is 2. The largest absolute Gasteiger partial charge is 0.491 e. The molecule has 196 valence electrons. The number of urea groups is 1. The van der Waals surface area contributed by atoms with Crippen LogP contribution in [0.25, 0.3) is 0 Å². The average molecular weight is 524 g/mol. The van der Waals surface area contributed by atoms with Crippen LogP contribution in [0, 0.1) is 18.7 Å². The zero-order chi connectivity index (χ0) is 26.4. The molecule has 6 nitrogen and oxygen atoms in total. The van der Waals surface area contributed by atoms with Crippen LogP contribution in [0.15, 0.2) is 60.0 Å². The zero-order valence-electron chi connectivity index (χ0n) is 21.6. The van der Waals surface area contributed by atoms with Crippen LogP contribution in [-0.4, -0.2) is 48.0 Å². The van der Waals surface area contributed by atoms with Gasteiger partial charge in [0.05, 0.1) is 6.04 Å². The van der Waals surface area contributed by atoms with Crippen LogP contribution in [0.3, 0.4) is 0 Å². The monoisotopic (exact) mass is 523 g/mol. The Morgan fingerprint density at radius 1 is 1.14 bits per heavy atom. The number of carbonyl (C=O) groups is 2. The van der Waals surface area contributed by atoms with Crippen molar-refractivity contribution in [2.45, 2.75) is 39.7 Å². The van der Waals surface area contributed by atoms with Gasteiger partial charge in [0.25, 0.3) is 0 Å². The standard InChI is InChI=1S/C29H34FN3O3S/c1-20(2)12-15-32(29(35)31-23-8-4-21(3)5-9-23)18-28(34)33-16-13-27-25(14-17-37-27)26(33)19-36-24-10-6-22(30)7-11-24/h4-11,14,17,20,26H,12-13,15-16,18-19H2,1-3H3,(H,31,35)/t26-/m1/s1. The number of ether oxygens (including phenoxy) is 1. The predicted octanol–water partition coefficient (Wildman–Crippen LogP) is 6.28. The highest BCUT2D eigenvalue weighted by Crippen LogP contribution is 2.34. The van der Waals surface area contributed by atoms with Crippen molar-refractivity contribution in [2.24, 2.45) is 5.92 Å². The first kappa shape index (κ1) is 26.7. The SMILES string of the molecule is Cc1ccc(NC(=O)N(CCC(C)C)CC(=O)N2CCc3sccc3[C@H]2COc2ccc(F)cc2)cc1. The van der Waals surface area contributed by atoms with Gasteiger partial charge in [-0.25, -0.2) is 9.18 Å². The summed E-state index contributed by atoms with van der Waals surface area (Å²) >= 11 is 1.68. The Morgan fingerprint density at radius 3 is 2.57 bits per heavy atom. The van der Waals surface area contributed by atoms with Crippen LogP contribution in [0.4, 0.5) is 14.9 Å². The Labute approximate surface area is 222 Å². The van der Waals surface area contributed by atoms with E-state index in [9.17, 15) is 14.0 Å². The summed E-state index contributed by atoms with van der Waals surface area (Å²) in [7, 11) is 0. The van der Waals surface area contributed by atoms with Crippen molar-refractivity contribution in [2.75, 3.05) is 31.6 Å². The Kier molecular flexibility index (Phi) is 8.82. The van der Waals surface area contributed by atoms with Crippen molar-refractivity contribution in [3.05, 3.63) is 81.8 Å². The summed E-state index contributed by atoms with van der Waals surface area (Å²) in [6.45, 7) is 7.47. The molecule has 1 atom stereocenters. The maximum atomic E-state index is 13.7. The molecule has 0 spiro atoms. The van der Waals surface area contributed by atoms with Crippen molar-refractivity contribution in [1.29, 1.82) is 0 Å². The summed E-state index contributed by atoms with van der Waals surface area (Å²) < 4.78 is 19.3. The molecule has 3 amide bonds. The Morgan fingerprint density at radius 2 is 1.86 bits per heavy atom. The molecule has 8 heteroatoms. The smallest absolute Gasteiger partial charge is 0.322 e. The quantitative estimate of drug-likeness (QED) is 0.359. The number of hydrogen-bond donors (Lipinski definition) is 1. The maximum absolute atomic E-state index is 13.7. The van der Waals surface area contributed by atoms with Gasteiger partial charge in [-0.15, -0.1) is 11.3 Å². The molecule has 1 N–H and O–H groups in total. The predicted molar refractivity (Wildman–Crippen MR) is 146 cm³/mol. The van der Waals surface area contributed by atoms with E-state index in [0.29, 0.717) is 30.4 Å². The number of carbonyl (C=O) groups excluding carboxylic acids is 2. The minimum absolute atomic E-state index is 0.0169. The van der Waals surface area contributed by atoms with Crippen LogP contribution < -0.4 is 10.1 Å². The number of fused-ring (bicyclic) bond motifs is 1. The molecule has 37 heavy (non-hydrogen) atoms. The van der Waals surface area contributed by atoms with E-state index in [-0.39, 0.29) is 36.9 Å². The van der Waals surface area contributed by atoms with Crippen molar-refractivity contribution >= 4 is 29.0 Å². The molecule has 0 bridgehead atoms. The molecule has 0 aliphatic carbocycles. The van der Waals surface area contributed by atoms with Gasteiger partial charge in [0.1, 0.15) is 24.7 Å². The molecule has 2 heterocycles. The van der Waals surface area contributed by atoms with Crippen LogP contribution >= 0.6 is 11.3 Å². The number of thiophene rings is 1. The highest BCUT2D eigenvalue weighted by atomic mass is 32.1. The minimum atomic E-state index is -0.327. The molecule has 0 unspecified atom stereocenters. The van der Waals surface area contributed by atoms with E-state index in [1.54, 1.807) is 28.4 Å². The lowest BCUT2D eigenvalue weighted by Crippen LogP contribution is -2.49. The normalized spacial score (nSPS) is 14.8. The van der Waals surface area contributed by atoms with Crippen LogP contribution in [0.1, 0.15) is 42.3 Å². The number of rotatable bonds is 9. The summed E-state index contributed by atoms with van der Waals surface area (Å²) in [5, 5.41) is 4.97. The second kappa shape index (κ2) is 12.2. The first-order chi connectivity index (χ1) is 17.8. The summed E-state index contributed by atoms with van der Waals surface area (Å²) in [6.07, 6.45) is 1.56. The number of halogens is 1. The van der Waals surface area contributed by atoms with E-state index in [1.165, 1.54) is 17.0 Å². The Balaban J connectivity index is 1.48. The van der Waals surface area contributed by atoms with Gasteiger partial charge in [0, 0.05) is 23.7 Å².